The van der Waals surface area contributed by atoms with Gasteiger partial charge >= 0.3 is 6.36 Å². The minimum absolute atomic E-state index is 0.351. The van der Waals surface area contributed by atoms with Gasteiger partial charge in [-0.3, -0.25) is 4.98 Å². The second-order valence-electron chi connectivity index (χ2n) is 3.02. The molecule has 0 saturated heterocycles. The van der Waals surface area contributed by atoms with E-state index in [2.05, 4.69) is 9.72 Å². The number of nitrogens with two attached hydrogens (primary N) is 1. The van der Waals surface area contributed by atoms with E-state index in [1.165, 1.54) is 6.07 Å². The van der Waals surface area contributed by atoms with Gasteiger partial charge in [0.2, 0.25) is 0 Å². The zero-order valence-electron chi connectivity index (χ0n) is 8.63. The Morgan fingerprint density at radius 3 is 2.44 bits per heavy atom. The van der Waals surface area contributed by atoms with Crippen LogP contribution in [0, 0.1) is 11.3 Å². The Bertz CT molecular complexity index is 480. The minimum Gasteiger partial charge on any atom is -0.403 e. The maximum Gasteiger partial charge on any atom is 0.573 e. The van der Waals surface area contributed by atoms with Crippen molar-refractivity contribution in [3.63, 3.8) is 0 Å². The van der Waals surface area contributed by atoms with Crippen molar-refractivity contribution in [1.29, 1.82) is 5.26 Å². The highest BCUT2D eigenvalue weighted by atomic mass is 19.4. The number of halogens is 5. The molecule has 0 aliphatic rings. The predicted molar refractivity (Wildman–Crippen MR) is 48.5 cm³/mol. The Kier molecular flexibility index (Phi) is 4.03. The van der Waals surface area contributed by atoms with Gasteiger partial charge in [0.15, 0.2) is 5.75 Å². The highest BCUT2D eigenvalue weighted by Crippen LogP contribution is 2.33. The Hall–Kier alpha value is -1.95. The molecule has 1 aromatic heterocycles. The topological polar surface area (TPSA) is 71.9 Å². The number of rotatable bonds is 3. The number of nitriles is 1. The summed E-state index contributed by atoms with van der Waals surface area (Å²) < 4.78 is 64.8. The highest BCUT2D eigenvalue weighted by Gasteiger charge is 2.34. The summed E-state index contributed by atoms with van der Waals surface area (Å²) in [5.74, 6) is -1.07. The van der Waals surface area contributed by atoms with Gasteiger partial charge in [-0.15, -0.1) is 13.2 Å². The third kappa shape index (κ3) is 3.04. The zero-order valence-corrected chi connectivity index (χ0v) is 8.63. The van der Waals surface area contributed by atoms with Crippen LogP contribution >= 0.6 is 0 Å². The summed E-state index contributed by atoms with van der Waals surface area (Å²) in [6.45, 7) is -0.430. The number of hydrogen-bond acceptors (Lipinski definition) is 4. The van der Waals surface area contributed by atoms with Crippen LogP contribution in [0.5, 0.6) is 5.75 Å². The standard InChI is InChI=1S/C9H6F5N3O/c10-8(11)7-4(1-15)6(18-9(12,13)14)3-17-5(7)2-16/h3,8H,2,16H2. The van der Waals surface area contributed by atoms with Gasteiger partial charge in [-0.1, -0.05) is 0 Å². The smallest absolute Gasteiger partial charge is 0.403 e. The van der Waals surface area contributed by atoms with E-state index in [1.54, 1.807) is 0 Å². The fourth-order valence-corrected chi connectivity index (χ4v) is 1.26. The van der Waals surface area contributed by atoms with Crippen molar-refractivity contribution in [2.24, 2.45) is 5.73 Å². The van der Waals surface area contributed by atoms with Gasteiger partial charge in [-0.05, 0) is 0 Å². The van der Waals surface area contributed by atoms with E-state index in [0.29, 0.717) is 6.20 Å². The van der Waals surface area contributed by atoms with Crippen molar-refractivity contribution in [3.05, 3.63) is 23.0 Å². The molecule has 1 rings (SSSR count). The maximum atomic E-state index is 12.7. The molecule has 0 spiro atoms. The van der Waals surface area contributed by atoms with Crippen LogP contribution in [0.25, 0.3) is 0 Å². The molecular formula is C9H6F5N3O. The van der Waals surface area contributed by atoms with E-state index in [0.717, 1.165) is 0 Å². The molecule has 0 aliphatic heterocycles. The van der Waals surface area contributed by atoms with E-state index >= 15 is 0 Å². The van der Waals surface area contributed by atoms with Crippen LogP contribution in [0.1, 0.15) is 23.2 Å². The average molecular weight is 267 g/mol. The molecule has 1 aromatic rings. The Balaban J connectivity index is 3.39. The van der Waals surface area contributed by atoms with Crippen molar-refractivity contribution in [3.8, 4) is 11.8 Å². The molecule has 0 unspecified atom stereocenters. The summed E-state index contributed by atoms with van der Waals surface area (Å²) in [5, 5.41) is 8.67. The summed E-state index contributed by atoms with van der Waals surface area (Å²) in [6.07, 6.45) is -7.74. The lowest BCUT2D eigenvalue weighted by molar-refractivity contribution is -0.274. The quantitative estimate of drug-likeness (QED) is 0.852. The summed E-state index contributed by atoms with van der Waals surface area (Å²) in [6, 6.07) is 1.24. The fraction of sp³-hybridized carbons (Fsp3) is 0.333. The molecule has 9 heteroatoms. The van der Waals surface area contributed by atoms with Crippen LogP contribution in [-0.2, 0) is 6.54 Å². The molecule has 98 valence electrons. The lowest BCUT2D eigenvalue weighted by Crippen LogP contribution is -2.19. The number of alkyl halides is 5. The van der Waals surface area contributed by atoms with Crippen molar-refractivity contribution >= 4 is 0 Å². The molecule has 0 atom stereocenters. The molecule has 0 fully saturated rings. The third-order valence-corrected chi connectivity index (χ3v) is 1.91. The fourth-order valence-electron chi connectivity index (χ4n) is 1.26. The second kappa shape index (κ2) is 5.14. The summed E-state index contributed by atoms with van der Waals surface area (Å²) in [5.41, 5.74) is 2.91. The van der Waals surface area contributed by atoms with E-state index in [-0.39, 0.29) is 5.69 Å². The second-order valence-corrected chi connectivity index (χ2v) is 3.02. The van der Waals surface area contributed by atoms with Gasteiger partial charge in [0.25, 0.3) is 6.43 Å². The van der Waals surface area contributed by atoms with Crippen molar-refractivity contribution < 1.29 is 26.7 Å². The number of nitrogens with zero attached hydrogens (tertiary/aromatic N) is 2. The highest BCUT2D eigenvalue weighted by molar-refractivity contribution is 5.50. The lowest BCUT2D eigenvalue weighted by Gasteiger charge is -2.14. The van der Waals surface area contributed by atoms with Gasteiger partial charge in [0, 0.05) is 6.54 Å². The Morgan fingerprint density at radius 1 is 1.44 bits per heavy atom. The van der Waals surface area contributed by atoms with Crippen molar-refractivity contribution in [1.82, 2.24) is 4.98 Å². The van der Waals surface area contributed by atoms with Crippen LogP contribution in [0.3, 0.4) is 0 Å². The molecule has 0 bridgehead atoms. The number of pyridine rings is 1. The van der Waals surface area contributed by atoms with Crippen molar-refractivity contribution in [2.75, 3.05) is 0 Å². The number of aromatic nitrogens is 1. The zero-order chi connectivity index (χ0) is 13.9. The van der Waals surface area contributed by atoms with Crippen molar-refractivity contribution in [2.45, 2.75) is 19.3 Å². The van der Waals surface area contributed by atoms with E-state index in [1.807, 2.05) is 0 Å². The molecule has 0 radical (unpaired) electrons. The molecule has 1 heterocycles. The normalized spacial score (nSPS) is 11.4. The van der Waals surface area contributed by atoms with Crippen LogP contribution < -0.4 is 10.5 Å². The van der Waals surface area contributed by atoms with Crippen LogP contribution in [0.15, 0.2) is 6.20 Å². The minimum atomic E-state index is -5.10. The SMILES string of the molecule is N#Cc1c(OC(F)(F)F)cnc(CN)c1C(F)F. The molecular weight excluding hydrogens is 261 g/mol. The first-order valence-electron chi connectivity index (χ1n) is 4.46. The first kappa shape index (κ1) is 14.1. The molecule has 0 aromatic carbocycles. The van der Waals surface area contributed by atoms with Crippen LogP contribution in [0.2, 0.25) is 0 Å². The Morgan fingerprint density at radius 2 is 2.06 bits per heavy atom. The lowest BCUT2D eigenvalue weighted by atomic mass is 10.1. The molecule has 0 aliphatic carbocycles. The Labute approximate surface area is 97.8 Å². The summed E-state index contributed by atoms with van der Waals surface area (Å²) in [4.78, 5) is 3.33. The monoisotopic (exact) mass is 267 g/mol. The molecule has 2 N–H and O–H groups in total. The summed E-state index contributed by atoms with van der Waals surface area (Å²) in [7, 11) is 0. The van der Waals surface area contributed by atoms with Crippen LogP contribution in [0.4, 0.5) is 22.0 Å². The predicted octanol–water partition coefficient (Wildman–Crippen LogP) is 2.25. The first-order valence-corrected chi connectivity index (χ1v) is 4.46. The summed E-state index contributed by atoms with van der Waals surface area (Å²) >= 11 is 0. The first-order chi connectivity index (χ1) is 8.30. The molecule has 0 saturated carbocycles. The third-order valence-electron chi connectivity index (χ3n) is 1.91. The average Bonchev–Trinajstić information content (AvgIpc) is 2.26. The maximum absolute atomic E-state index is 12.7. The van der Waals surface area contributed by atoms with Crippen LogP contribution in [-0.4, -0.2) is 11.3 Å². The van der Waals surface area contributed by atoms with Gasteiger partial charge in [-0.25, -0.2) is 8.78 Å². The number of ether oxygens (including phenoxy) is 1. The molecule has 0 amide bonds. The number of hydrogen-bond donors (Lipinski definition) is 1. The van der Waals surface area contributed by atoms with E-state index < -0.39 is 36.2 Å². The van der Waals surface area contributed by atoms with Gasteiger partial charge in [-0.2, -0.15) is 5.26 Å². The molecule has 18 heavy (non-hydrogen) atoms. The molecule has 4 nitrogen and oxygen atoms in total. The largest absolute Gasteiger partial charge is 0.573 e. The van der Waals surface area contributed by atoms with E-state index in [9.17, 15) is 22.0 Å². The van der Waals surface area contributed by atoms with Gasteiger partial charge < -0.3 is 10.5 Å². The van der Waals surface area contributed by atoms with Gasteiger partial charge in [0.1, 0.15) is 11.6 Å². The van der Waals surface area contributed by atoms with Gasteiger partial charge in [0.05, 0.1) is 17.5 Å². The van der Waals surface area contributed by atoms with E-state index in [4.69, 9.17) is 11.0 Å².